The van der Waals surface area contributed by atoms with Crippen molar-refractivity contribution in [3.63, 3.8) is 0 Å². The van der Waals surface area contributed by atoms with E-state index in [2.05, 4.69) is 25.5 Å². The lowest BCUT2D eigenvalue weighted by Gasteiger charge is -2.43. The minimum absolute atomic E-state index is 0.00895. The lowest BCUT2D eigenvalue weighted by molar-refractivity contribution is -0.165. The van der Waals surface area contributed by atoms with Crippen LogP contribution in [0.4, 0.5) is 0 Å². The van der Waals surface area contributed by atoms with E-state index in [-0.39, 0.29) is 29.2 Å². The Morgan fingerprint density at radius 1 is 1.09 bits per heavy atom. The van der Waals surface area contributed by atoms with Gasteiger partial charge in [0.15, 0.2) is 0 Å². The van der Waals surface area contributed by atoms with Gasteiger partial charge in [0.05, 0.1) is 17.2 Å². The zero-order valence-corrected chi connectivity index (χ0v) is 17.1. The Hall–Kier alpha value is -0.620. The zero-order valence-electron chi connectivity index (χ0n) is 16.2. The molecule has 138 valence electrons. The van der Waals surface area contributed by atoms with E-state index in [1.807, 2.05) is 27.7 Å². The lowest BCUT2D eigenvalue weighted by atomic mass is 9.61. The minimum Gasteiger partial charge on any atom is -0.464 e. The van der Waals surface area contributed by atoms with E-state index in [0.29, 0.717) is 6.42 Å². The van der Waals surface area contributed by atoms with Crippen molar-refractivity contribution in [1.82, 2.24) is 4.72 Å². The molecule has 0 saturated carbocycles. The Kier molecular flexibility index (Phi) is 7.31. The second-order valence-electron chi connectivity index (χ2n) is 8.84. The first-order chi connectivity index (χ1) is 10.0. The summed E-state index contributed by atoms with van der Waals surface area (Å²) >= 11 is 0. The van der Waals surface area contributed by atoms with E-state index >= 15 is 0 Å². The topological polar surface area (TPSA) is 72.5 Å². The summed E-state index contributed by atoms with van der Waals surface area (Å²) in [6, 6.07) is -0.442. The molecule has 0 aromatic carbocycles. The summed E-state index contributed by atoms with van der Waals surface area (Å²) < 4.78 is 31.1. The van der Waals surface area contributed by atoms with E-state index < -0.39 is 21.5 Å². The van der Waals surface area contributed by atoms with Crippen molar-refractivity contribution in [2.45, 2.75) is 74.8 Å². The van der Waals surface area contributed by atoms with Gasteiger partial charge in [0.25, 0.3) is 0 Å². The third kappa shape index (κ3) is 7.21. The van der Waals surface area contributed by atoms with Crippen LogP contribution in [0.15, 0.2) is 0 Å². The van der Waals surface area contributed by atoms with Gasteiger partial charge in [0, 0.05) is 0 Å². The number of carbonyl (C=O) groups is 1. The van der Waals surface area contributed by atoms with Crippen molar-refractivity contribution < 1.29 is 17.9 Å². The van der Waals surface area contributed by atoms with E-state index in [1.54, 1.807) is 13.8 Å². The van der Waals surface area contributed by atoms with E-state index in [0.717, 1.165) is 0 Å². The van der Waals surface area contributed by atoms with Crippen LogP contribution in [0.2, 0.25) is 0 Å². The maximum atomic E-state index is 12.7. The highest BCUT2D eigenvalue weighted by molar-refractivity contribution is 7.89. The number of carbonyl (C=O) groups excluding carboxylic acids is 1. The highest BCUT2D eigenvalue weighted by atomic mass is 32.2. The van der Waals surface area contributed by atoms with Gasteiger partial charge < -0.3 is 4.74 Å². The molecule has 0 aliphatic heterocycles. The molecule has 0 radical (unpaired) electrons. The normalized spacial score (nSPS) is 17.4. The van der Waals surface area contributed by atoms with Crippen LogP contribution in [0, 0.1) is 16.2 Å². The summed E-state index contributed by atoms with van der Waals surface area (Å²) in [5.74, 6) is -0.267. The summed E-state index contributed by atoms with van der Waals surface area (Å²) in [5.41, 5.74) is -0.922. The molecular formula is C17H35NO4S. The third-order valence-electron chi connectivity index (χ3n) is 4.21. The molecule has 0 aliphatic carbocycles. The zero-order chi connectivity index (χ0) is 18.7. The smallest absolute Gasteiger partial charge is 0.312 e. The Morgan fingerprint density at radius 3 is 1.91 bits per heavy atom. The first-order valence-corrected chi connectivity index (χ1v) is 9.86. The number of nitrogens with one attached hydrogen (secondary N) is 1. The second-order valence-corrected chi connectivity index (χ2v) is 10.9. The predicted octanol–water partition coefficient (Wildman–Crippen LogP) is 3.35. The van der Waals surface area contributed by atoms with Gasteiger partial charge in [-0.3, -0.25) is 4.79 Å². The van der Waals surface area contributed by atoms with Gasteiger partial charge in [-0.05, 0) is 38.0 Å². The monoisotopic (exact) mass is 349 g/mol. The Balaban J connectivity index is 5.02. The van der Waals surface area contributed by atoms with E-state index in [4.69, 9.17) is 4.74 Å². The molecule has 0 heterocycles. The summed E-state index contributed by atoms with van der Waals surface area (Å²) in [6.45, 7) is 17.6. The minimum atomic E-state index is -3.30. The average molecular weight is 350 g/mol. The molecule has 0 amide bonds. The molecule has 5 nitrogen and oxygen atoms in total. The molecule has 0 aromatic rings. The van der Waals surface area contributed by atoms with Crippen molar-refractivity contribution in [2.24, 2.45) is 16.2 Å². The molecule has 0 spiro atoms. The molecule has 0 saturated heterocycles. The molecule has 23 heavy (non-hydrogen) atoms. The SMILES string of the molecule is CCS(=O)(=O)NC(C)COC(=O)C(C)(CC(C)(C)C)C(C)(C)C. The molecule has 0 aromatic heterocycles. The van der Waals surface area contributed by atoms with Crippen LogP contribution in [0.5, 0.6) is 0 Å². The summed E-state index contributed by atoms with van der Waals surface area (Å²) in [7, 11) is -3.30. The van der Waals surface area contributed by atoms with E-state index in [1.165, 1.54) is 0 Å². The summed E-state index contributed by atoms with van der Waals surface area (Å²) in [6.07, 6.45) is 0.692. The van der Waals surface area contributed by atoms with Gasteiger partial charge in [-0.2, -0.15) is 0 Å². The molecule has 1 N–H and O–H groups in total. The Bertz CT molecular complexity index is 500. The quantitative estimate of drug-likeness (QED) is 0.715. The van der Waals surface area contributed by atoms with Gasteiger partial charge in [-0.1, -0.05) is 41.5 Å². The third-order valence-corrected chi connectivity index (χ3v) is 5.74. The standard InChI is InChI=1S/C17H35NO4S/c1-10-23(20,21)18-13(2)11-22-14(19)17(9,16(6,7)8)12-15(3,4)5/h13,18H,10-12H2,1-9H3. The number of rotatable bonds is 7. The fourth-order valence-corrected chi connectivity index (χ4v) is 3.34. The van der Waals surface area contributed by atoms with Crippen LogP contribution in [-0.2, 0) is 19.6 Å². The molecule has 2 unspecified atom stereocenters. The van der Waals surface area contributed by atoms with Crippen molar-refractivity contribution in [1.29, 1.82) is 0 Å². The number of hydrogen-bond donors (Lipinski definition) is 1. The van der Waals surface area contributed by atoms with Gasteiger partial charge in [0.2, 0.25) is 10.0 Å². The average Bonchev–Trinajstić information content (AvgIpc) is 2.31. The van der Waals surface area contributed by atoms with Gasteiger partial charge in [-0.15, -0.1) is 0 Å². The maximum absolute atomic E-state index is 12.7. The molecule has 0 fully saturated rings. The van der Waals surface area contributed by atoms with Crippen molar-refractivity contribution in [3.05, 3.63) is 0 Å². The molecule has 0 rings (SSSR count). The molecular weight excluding hydrogens is 314 g/mol. The number of hydrogen-bond acceptors (Lipinski definition) is 4. The molecule has 0 aliphatic rings. The van der Waals surface area contributed by atoms with Gasteiger partial charge in [0.1, 0.15) is 6.61 Å². The van der Waals surface area contributed by atoms with E-state index in [9.17, 15) is 13.2 Å². The van der Waals surface area contributed by atoms with Crippen LogP contribution >= 0.6 is 0 Å². The molecule has 2 atom stereocenters. The lowest BCUT2D eigenvalue weighted by Crippen LogP contribution is -2.46. The van der Waals surface area contributed by atoms with Crippen LogP contribution in [-0.4, -0.2) is 32.8 Å². The van der Waals surface area contributed by atoms with Crippen LogP contribution in [0.1, 0.15) is 68.7 Å². The Morgan fingerprint density at radius 2 is 1.57 bits per heavy atom. The second kappa shape index (κ2) is 7.51. The fraction of sp³-hybridized carbons (Fsp3) is 0.941. The van der Waals surface area contributed by atoms with Crippen LogP contribution in [0.25, 0.3) is 0 Å². The fourth-order valence-electron chi connectivity index (χ4n) is 2.49. The van der Waals surface area contributed by atoms with Gasteiger partial charge in [-0.25, -0.2) is 13.1 Å². The Labute approximate surface area is 142 Å². The van der Waals surface area contributed by atoms with Crippen LogP contribution < -0.4 is 4.72 Å². The number of ether oxygens (including phenoxy) is 1. The van der Waals surface area contributed by atoms with Crippen LogP contribution in [0.3, 0.4) is 0 Å². The molecule has 6 heteroatoms. The predicted molar refractivity (Wildman–Crippen MR) is 94.7 cm³/mol. The summed E-state index contributed by atoms with van der Waals surface area (Å²) in [4.78, 5) is 12.7. The highest BCUT2D eigenvalue weighted by Crippen LogP contribution is 2.47. The van der Waals surface area contributed by atoms with Crippen molar-refractivity contribution in [2.75, 3.05) is 12.4 Å². The first kappa shape index (κ1) is 22.4. The largest absolute Gasteiger partial charge is 0.464 e. The number of sulfonamides is 1. The highest BCUT2D eigenvalue weighted by Gasteiger charge is 2.47. The van der Waals surface area contributed by atoms with Crippen molar-refractivity contribution in [3.8, 4) is 0 Å². The maximum Gasteiger partial charge on any atom is 0.312 e. The van der Waals surface area contributed by atoms with Crippen molar-refractivity contribution >= 4 is 16.0 Å². The van der Waals surface area contributed by atoms with Gasteiger partial charge >= 0.3 is 5.97 Å². The first-order valence-electron chi connectivity index (χ1n) is 8.21. The summed E-state index contributed by atoms with van der Waals surface area (Å²) in [5, 5.41) is 0. The molecule has 0 bridgehead atoms. The number of esters is 1.